The number of anilines is 2. The second-order valence-electron chi connectivity index (χ2n) is 3.92. The van der Waals surface area contributed by atoms with Gasteiger partial charge in [0.1, 0.15) is 5.75 Å². The topological polar surface area (TPSA) is 104 Å². The van der Waals surface area contributed by atoms with Gasteiger partial charge in [-0.15, -0.1) is 15.3 Å². The van der Waals surface area contributed by atoms with E-state index in [1.54, 1.807) is 10.6 Å². The van der Waals surface area contributed by atoms with Gasteiger partial charge in [-0.25, -0.2) is 0 Å². The number of hydrogen-bond acceptors (Lipinski definition) is 7. The fourth-order valence-corrected chi connectivity index (χ4v) is 2.32. The highest BCUT2D eigenvalue weighted by atomic mass is 32.1. The van der Waals surface area contributed by atoms with Crippen molar-refractivity contribution in [2.24, 2.45) is 0 Å². The van der Waals surface area contributed by atoms with Crippen LogP contribution in [-0.2, 0) is 6.42 Å². The summed E-state index contributed by atoms with van der Waals surface area (Å²) in [6.45, 7) is 0.474. The molecule has 0 saturated carbocycles. The van der Waals surface area contributed by atoms with Gasteiger partial charge in [0.05, 0.1) is 6.61 Å². The zero-order valence-electron chi connectivity index (χ0n) is 9.98. The van der Waals surface area contributed by atoms with Gasteiger partial charge in [0.25, 0.3) is 0 Å². The number of hydrogen-bond donors (Lipinski definition) is 2. The summed E-state index contributed by atoms with van der Waals surface area (Å²) in [7, 11) is 0. The van der Waals surface area contributed by atoms with Crippen LogP contribution in [0.5, 0.6) is 5.75 Å². The zero-order valence-corrected chi connectivity index (χ0v) is 10.8. The van der Waals surface area contributed by atoms with E-state index in [9.17, 15) is 0 Å². The van der Waals surface area contributed by atoms with Crippen LogP contribution in [0.1, 0.15) is 5.82 Å². The molecule has 1 aromatic carbocycles. The maximum atomic E-state index is 5.67. The van der Waals surface area contributed by atoms with E-state index < -0.39 is 0 Å². The van der Waals surface area contributed by atoms with Gasteiger partial charge >= 0.3 is 0 Å². The second kappa shape index (κ2) is 4.73. The lowest BCUT2D eigenvalue weighted by atomic mass is 10.3. The third-order valence-electron chi connectivity index (χ3n) is 2.52. The average Bonchev–Trinajstić information content (AvgIpc) is 2.90. The summed E-state index contributed by atoms with van der Waals surface area (Å²) in [6, 6.07) is 7.30. The first-order valence-corrected chi connectivity index (χ1v) is 6.49. The first-order valence-electron chi connectivity index (χ1n) is 5.67. The molecule has 2 heterocycles. The molecule has 98 valence electrons. The summed E-state index contributed by atoms with van der Waals surface area (Å²) in [4.78, 5) is 0.691. The molecule has 0 atom stereocenters. The second-order valence-corrected chi connectivity index (χ2v) is 4.91. The summed E-state index contributed by atoms with van der Waals surface area (Å²) in [5.41, 5.74) is 12.0. The largest absolute Gasteiger partial charge is 0.493 e. The molecule has 3 aromatic rings. The van der Waals surface area contributed by atoms with E-state index >= 15 is 0 Å². The first-order chi connectivity index (χ1) is 9.22. The van der Waals surface area contributed by atoms with Crippen molar-refractivity contribution < 1.29 is 4.74 Å². The summed E-state index contributed by atoms with van der Waals surface area (Å²) in [6.07, 6.45) is 0.596. The molecule has 0 fully saturated rings. The van der Waals surface area contributed by atoms with Crippen LogP contribution in [0.25, 0.3) is 4.96 Å². The fourth-order valence-electron chi connectivity index (χ4n) is 1.69. The van der Waals surface area contributed by atoms with Crippen molar-refractivity contribution in [1.82, 2.24) is 19.8 Å². The van der Waals surface area contributed by atoms with Crippen molar-refractivity contribution in [3.05, 3.63) is 30.1 Å². The van der Waals surface area contributed by atoms with E-state index in [-0.39, 0.29) is 0 Å². The molecule has 0 saturated heterocycles. The molecule has 0 aliphatic heterocycles. The molecule has 3 rings (SSSR count). The van der Waals surface area contributed by atoms with Crippen LogP contribution in [0.4, 0.5) is 10.8 Å². The first kappa shape index (κ1) is 11.7. The van der Waals surface area contributed by atoms with Crippen molar-refractivity contribution >= 4 is 27.1 Å². The lowest BCUT2D eigenvalue weighted by Gasteiger charge is -2.05. The van der Waals surface area contributed by atoms with Crippen molar-refractivity contribution in [2.75, 3.05) is 18.1 Å². The van der Waals surface area contributed by atoms with Crippen molar-refractivity contribution in [3.8, 4) is 5.75 Å². The summed E-state index contributed by atoms with van der Waals surface area (Å²) >= 11 is 1.30. The van der Waals surface area contributed by atoms with Gasteiger partial charge in [0.2, 0.25) is 10.1 Å². The highest BCUT2D eigenvalue weighted by Crippen LogP contribution is 2.17. The van der Waals surface area contributed by atoms with E-state index in [0.717, 1.165) is 11.6 Å². The van der Waals surface area contributed by atoms with Gasteiger partial charge < -0.3 is 16.2 Å². The molecule has 7 nitrogen and oxygen atoms in total. The smallest absolute Gasteiger partial charge is 0.236 e. The molecule has 4 N–H and O–H groups in total. The highest BCUT2D eigenvalue weighted by molar-refractivity contribution is 7.20. The summed E-state index contributed by atoms with van der Waals surface area (Å²) < 4.78 is 7.24. The van der Waals surface area contributed by atoms with E-state index in [0.29, 0.717) is 28.8 Å². The van der Waals surface area contributed by atoms with E-state index in [2.05, 4.69) is 15.3 Å². The van der Waals surface area contributed by atoms with Gasteiger partial charge in [0.15, 0.2) is 5.82 Å². The quantitative estimate of drug-likeness (QED) is 0.688. The molecule has 0 aliphatic rings. The lowest BCUT2D eigenvalue weighted by Crippen LogP contribution is -2.06. The van der Waals surface area contributed by atoms with Crippen molar-refractivity contribution in [1.29, 1.82) is 0 Å². The molecule has 0 spiro atoms. The number of aromatic nitrogens is 4. The van der Waals surface area contributed by atoms with Crippen LogP contribution in [0, 0.1) is 0 Å². The van der Waals surface area contributed by atoms with Crippen LogP contribution >= 0.6 is 11.3 Å². The molecule has 2 aromatic heterocycles. The number of nitrogens with two attached hydrogens (primary N) is 2. The van der Waals surface area contributed by atoms with Crippen LogP contribution in [0.3, 0.4) is 0 Å². The monoisotopic (exact) mass is 276 g/mol. The molecule has 0 unspecified atom stereocenters. The zero-order chi connectivity index (χ0) is 13.2. The number of fused-ring (bicyclic) bond motifs is 1. The normalized spacial score (nSPS) is 10.9. The molecular formula is C11H12N6OS. The predicted molar refractivity (Wildman–Crippen MR) is 73.1 cm³/mol. The summed E-state index contributed by atoms with van der Waals surface area (Å²) in [5, 5.41) is 12.6. The van der Waals surface area contributed by atoms with Crippen LogP contribution in [-0.4, -0.2) is 26.4 Å². The Kier molecular flexibility index (Phi) is 2.92. The Balaban J connectivity index is 1.66. The minimum atomic E-state index is 0.474. The Morgan fingerprint density at radius 2 is 2.16 bits per heavy atom. The van der Waals surface area contributed by atoms with Gasteiger partial charge in [0, 0.05) is 18.2 Å². The molecule has 0 radical (unpaired) electrons. The van der Waals surface area contributed by atoms with Gasteiger partial charge in [-0.05, 0) is 12.1 Å². The van der Waals surface area contributed by atoms with Gasteiger partial charge in [-0.2, -0.15) is 4.52 Å². The van der Waals surface area contributed by atoms with Crippen molar-refractivity contribution in [2.45, 2.75) is 6.42 Å². The van der Waals surface area contributed by atoms with Gasteiger partial charge in [-0.3, -0.25) is 0 Å². The van der Waals surface area contributed by atoms with E-state index in [1.165, 1.54) is 11.3 Å². The summed E-state index contributed by atoms with van der Waals surface area (Å²) in [5.74, 6) is 1.46. The van der Waals surface area contributed by atoms with Gasteiger partial charge in [-0.1, -0.05) is 17.4 Å². The maximum Gasteiger partial charge on any atom is 0.236 e. The predicted octanol–water partition coefficient (Wildman–Crippen LogP) is 0.972. The maximum absolute atomic E-state index is 5.67. The van der Waals surface area contributed by atoms with E-state index in [4.69, 9.17) is 16.2 Å². The minimum absolute atomic E-state index is 0.474. The Hall–Kier alpha value is -2.35. The Morgan fingerprint density at radius 3 is 3.00 bits per heavy atom. The fraction of sp³-hybridized carbons (Fsp3) is 0.182. The van der Waals surface area contributed by atoms with Crippen LogP contribution in [0.15, 0.2) is 24.3 Å². The molecule has 8 heteroatoms. The molecule has 0 amide bonds. The molecular weight excluding hydrogens is 264 g/mol. The van der Waals surface area contributed by atoms with E-state index in [1.807, 2.05) is 18.2 Å². The van der Waals surface area contributed by atoms with Crippen LogP contribution < -0.4 is 16.2 Å². The third-order valence-corrected chi connectivity index (χ3v) is 3.25. The highest BCUT2D eigenvalue weighted by Gasteiger charge is 2.09. The number of nitrogen functional groups attached to an aromatic ring is 2. The molecule has 0 bridgehead atoms. The SMILES string of the molecule is Nc1cccc(OCCc2nnc3sc(N)nn23)c1. The standard InChI is InChI=1S/C11H12N6OS/c12-7-2-1-3-8(6-7)18-5-4-9-14-15-11-17(9)16-10(13)19-11/h1-3,6H,4-5,12H2,(H2,13,16). The number of benzene rings is 1. The third kappa shape index (κ3) is 2.43. The van der Waals surface area contributed by atoms with Crippen LogP contribution in [0.2, 0.25) is 0 Å². The minimum Gasteiger partial charge on any atom is -0.493 e. The molecule has 19 heavy (non-hydrogen) atoms. The number of rotatable bonds is 4. The lowest BCUT2D eigenvalue weighted by molar-refractivity contribution is 0.318. The molecule has 0 aliphatic carbocycles. The number of nitrogens with zero attached hydrogens (tertiary/aromatic N) is 4. The Morgan fingerprint density at radius 1 is 1.26 bits per heavy atom. The average molecular weight is 276 g/mol. The van der Waals surface area contributed by atoms with Crippen molar-refractivity contribution in [3.63, 3.8) is 0 Å². The Labute approximate surface area is 112 Å². The number of ether oxygens (including phenoxy) is 1. The Bertz CT molecular complexity index is 706.